The fraction of sp³-hybridized carbons (Fsp3) is 0.409. The third kappa shape index (κ3) is 4.23. The number of carboxylic acid groups (broad SMARTS) is 1. The van der Waals surface area contributed by atoms with Crippen LogP contribution in [0.15, 0.2) is 42.6 Å². The van der Waals surface area contributed by atoms with Crippen molar-refractivity contribution in [1.82, 2.24) is 9.88 Å². The minimum absolute atomic E-state index is 0.0830. The van der Waals surface area contributed by atoms with E-state index in [1.165, 1.54) is 19.4 Å². The highest BCUT2D eigenvalue weighted by atomic mass is 16.5. The maximum absolute atomic E-state index is 13.2. The van der Waals surface area contributed by atoms with E-state index in [1.54, 1.807) is 30.3 Å². The number of benzene rings is 1. The number of para-hydroxylation sites is 1. The van der Waals surface area contributed by atoms with E-state index in [2.05, 4.69) is 15.2 Å². The third-order valence-corrected chi connectivity index (χ3v) is 5.86. The second-order valence-electron chi connectivity index (χ2n) is 7.68. The van der Waals surface area contributed by atoms with Crippen molar-refractivity contribution < 1.29 is 24.2 Å². The van der Waals surface area contributed by atoms with E-state index < -0.39 is 18.0 Å². The molecule has 0 aliphatic carbocycles. The van der Waals surface area contributed by atoms with Crippen molar-refractivity contribution in [2.75, 3.05) is 32.1 Å². The summed E-state index contributed by atoms with van der Waals surface area (Å²) >= 11 is 0. The lowest BCUT2D eigenvalue weighted by Crippen LogP contribution is -2.52. The number of carboxylic acids is 1. The Hall–Kier alpha value is -3.13. The zero-order valence-corrected chi connectivity index (χ0v) is 16.8. The van der Waals surface area contributed by atoms with Gasteiger partial charge in [-0.2, -0.15) is 0 Å². The minimum Gasteiger partial charge on any atom is -0.481 e. The molecular weight excluding hydrogens is 386 g/mol. The lowest BCUT2D eigenvalue weighted by atomic mass is 9.86. The molecule has 8 nitrogen and oxygen atoms in total. The molecule has 3 aliphatic rings. The third-order valence-electron chi connectivity index (χ3n) is 5.86. The molecule has 0 radical (unpaired) electrons. The molecule has 0 spiro atoms. The average molecular weight is 411 g/mol. The van der Waals surface area contributed by atoms with Gasteiger partial charge in [0.25, 0.3) is 0 Å². The molecule has 2 atom stereocenters. The van der Waals surface area contributed by atoms with Gasteiger partial charge >= 0.3 is 11.9 Å². The Balaban J connectivity index is 1.60. The molecule has 1 unspecified atom stereocenters. The van der Waals surface area contributed by atoms with E-state index in [9.17, 15) is 14.7 Å². The summed E-state index contributed by atoms with van der Waals surface area (Å²) in [6, 6.07) is 8.99. The molecule has 30 heavy (non-hydrogen) atoms. The zero-order chi connectivity index (χ0) is 21.1. The Kier molecular flexibility index (Phi) is 5.85. The van der Waals surface area contributed by atoms with Crippen LogP contribution in [-0.2, 0) is 9.53 Å². The highest BCUT2D eigenvalue weighted by Crippen LogP contribution is 2.32. The molecule has 5 rings (SSSR count). The van der Waals surface area contributed by atoms with Crippen molar-refractivity contribution in [3.05, 3.63) is 53.7 Å². The number of nitrogens with one attached hydrogen (secondary N) is 1. The first kappa shape index (κ1) is 20.2. The van der Waals surface area contributed by atoms with Crippen molar-refractivity contribution in [2.45, 2.75) is 25.0 Å². The van der Waals surface area contributed by atoms with Gasteiger partial charge in [-0.25, -0.2) is 14.6 Å². The van der Waals surface area contributed by atoms with Crippen LogP contribution in [0.1, 0.15) is 34.8 Å². The number of rotatable bonds is 7. The summed E-state index contributed by atoms with van der Waals surface area (Å²) in [6.45, 7) is 2.85. The lowest BCUT2D eigenvalue weighted by Gasteiger charge is -2.44. The summed E-state index contributed by atoms with van der Waals surface area (Å²) < 4.78 is 11.0. The molecular formula is C22H25N3O5. The number of esters is 1. The van der Waals surface area contributed by atoms with Gasteiger partial charge in [-0.3, -0.25) is 4.90 Å². The van der Waals surface area contributed by atoms with Crippen LogP contribution in [0.2, 0.25) is 0 Å². The molecule has 3 saturated heterocycles. The van der Waals surface area contributed by atoms with Crippen LogP contribution >= 0.6 is 0 Å². The standard InChI is InChI=1S/C22H25N3O5/c1-29-19-7-6-15(12-23-19)20(24-17-5-3-2-4-16(17)21(26)27)22(28)30-18-13-25-10-8-14(18)9-11-25/h2-7,12,14,18,20,24H,8-11,13H2,1H3,(H,26,27)/t18-,20?/m0/s1. The van der Waals surface area contributed by atoms with Crippen molar-refractivity contribution in [2.24, 2.45) is 5.92 Å². The van der Waals surface area contributed by atoms with Crippen molar-refractivity contribution in [3.63, 3.8) is 0 Å². The fourth-order valence-corrected chi connectivity index (χ4v) is 4.17. The summed E-state index contributed by atoms with van der Waals surface area (Å²) in [6.07, 6.45) is 3.45. The number of ether oxygens (including phenoxy) is 2. The Morgan fingerprint density at radius 2 is 1.97 bits per heavy atom. The number of piperidine rings is 3. The fourth-order valence-electron chi connectivity index (χ4n) is 4.17. The molecule has 3 aliphatic heterocycles. The molecule has 158 valence electrons. The predicted molar refractivity (Wildman–Crippen MR) is 110 cm³/mol. The molecule has 8 heteroatoms. The number of fused-ring (bicyclic) bond motifs is 3. The van der Waals surface area contributed by atoms with Crippen LogP contribution in [0.4, 0.5) is 5.69 Å². The van der Waals surface area contributed by atoms with Gasteiger partial charge in [0.1, 0.15) is 6.10 Å². The van der Waals surface area contributed by atoms with E-state index in [0.29, 0.717) is 23.0 Å². The summed E-state index contributed by atoms with van der Waals surface area (Å²) in [7, 11) is 1.52. The van der Waals surface area contributed by atoms with Crippen LogP contribution < -0.4 is 10.1 Å². The van der Waals surface area contributed by atoms with E-state index >= 15 is 0 Å². The quantitative estimate of drug-likeness (QED) is 0.671. The molecule has 1 aromatic heterocycles. The highest BCUT2D eigenvalue weighted by molar-refractivity contribution is 5.95. The second kappa shape index (κ2) is 8.71. The summed E-state index contributed by atoms with van der Waals surface area (Å²) in [4.78, 5) is 31.3. The predicted octanol–water partition coefficient (Wildman–Crippen LogP) is 2.58. The van der Waals surface area contributed by atoms with Gasteiger partial charge in [0.15, 0.2) is 6.04 Å². The molecule has 1 aromatic carbocycles. The minimum atomic E-state index is -1.07. The maximum atomic E-state index is 13.2. The number of carbonyl (C=O) groups excluding carboxylic acids is 1. The summed E-state index contributed by atoms with van der Waals surface area (Å²) in [5.74, 6) is -0.717. The topological polar surface area (TPSA) is 101 Å². The first-order chi connectivity index (χ1) is 14.5. The number of pyridine rings is 1. The van der Waals surface area contributed by atoms with Gasteiger partial charge in [0.05, 0.1) is 12.7 Å². The van der Waals surface area contributed by atoms with Gasteiger partial charge in [-0.05, 0) is 50.0 Å². The van der Waals surface area contributed by atoms with Gasteiger partial charge in [-0.15, -0.1) is 0 Å². The number of hydrogen-bond acceptors (Lipinski definition) is 7. The van der Waals surface area contributed by atoms with Gasteiger partial charge in [-0.1, -0.05) is 12.1 Å². The number of anilines is 1. The van der Waals surface area contributed by atoms with Crippen LogP contribution in [0.25, 0.3) is 0 Å². The highest BCUT2D eigenvalue weighted by Gasteiger charge is 2.38. The Morgan fingerprint density at radius 1 is 1.20 bits per heavy atom. The molecule has 2 N–H and O–H groups in total. The van der Waals surface area contributed by atoms with E-state index in [0.717, 1.165) is 32.5 Å². The normalized spacial score (nSPS) is 23.4. The number of aromatic nitrogens is 1. The van der Waals surface area contributed by atoms with Gasteiger partial charge in [0.2, 0.25) is 5.88 Å². The first-order valence-corrected chi connectivity index (χ1v) is 10.1. The second-order valence-corrected chi connectivity index (χ2v) is 7.68. The van der Waals surface area contributed by atoms with Crippen LogP contribution in [-0.4, -0.2) is 59.8 Å². The molecule has 3 fully saturated rings. The molecule has 2 aromatic rings. The van der Waals surface area contributed by atoms with E-state index in [-0.39, 0.29) is 11.7 Å². The van der Waals surface area contributed by atoms with E-state index in [4.69, 9.17) is 9.47 Å². The number of methoxy groups -OCH3 is 1. The number of carbonyl (C=O) groups is 2. The smallest absolute Gasteiger partial charge is 0.337 e. The largest absolute Gasteiger partial charge is 0.481 e. The summed E-state index contributed by atoms with van der Waals surface area (Å²) in [5.41, 5.74) is 0.999. The number of aromatic carboxylic acids is 1. The zero-order valence-electron chi connectivity index (χ0n) is 16.8. The van der Waals surface area contributed by atoms with Gasteiger partial charge in [0, 0.05) is 30.1 Å². The van der Waals surface area contributed by atoms with Crippen LogP contribution in [0.5, 0.6) is 5.88 Å². The van der Waals surface area contributed by atoms with Crippen molar-refractivity contribution >= 4 is 17.6 Å². The first-order valence-electron chi connectivity index (χ1n) is 10.1. The van der Waals surface area contributed by atoms with Crippen molar-refractivity contribution in [3.8, 4) is 5.88 Å². The molecule has 2 bridgehead atoms. The van der Waals surface area contributed by atoms with Crippen LogP contribution in [0, 0.1) is 5.92 Å². The molecule has 4 heterocycles. The molecule has 0 saturated carbocycles. The van der Waals surface area contributed by atoms with Crippen LogP contribution in [0.3, 0.4) is 0 Å². The molecule has 0 amide bonds. The Labute approximate surface area is 174 Å². The number of hydrogen-bond donors (Lipinski definition) is 2. The average Bonchev–Trinajstić information content (AvgIpc) is 2.78. The Morgan fingerprint density at radius 3 is 2.57 bits per heavy atom. The summed E-state index contributed by atoms with van der Waals surface area (Å²) in [5, 5.41) is 12.6. The lowest BCUT2D eigenvalue weighted by molar-refractivity contribution is -0.159. The SMILES string of the molecule is COc1ccc(C(Nc2ccccc2C(=O)O)C(=O)O[C@H]2CN3CCC2CC3)cn1. The Bertz CT molecular complexity index is 909. The monoisotopic (exact) mass is 411 g/mol. The van der Waals surface area contributed by atoms with Gasteiger partial charge < -0.3 is 19.9 Å². The number of nitrogens with zero attached hydrogens (tertiary/aromatic N) is 2. The van der Waals surface area contributed by atoms with E-state index in [1.807, 2.05) is 0 Å². The van der Waals surface area contributed by atoms with Crippen molar-refractivity contribution in [1.29, 1.82) is 0 Å². The maximum Gasteiger partial charge on any atom is 0.337 e.